The number of likely N-dealkylation sites (tertiary alicyclic amines) is 2. The van der Waals surface area contributed by atoms with Gasteiger partial charge in [0.1, 0.15) is 0 Å². The Bertz CT molecular complexity index is 423. The fourth-order valence-corrected chi connectivity index (χ4v) is 3.26. The Hall–Kier alpha value is -1.43. The fourth-order valence-electron chi connectivity index (χ4n) is 3.26. The summed E-state index contributed by atoms with van der Waals surface area (Å²) >= 11 is 0. The van der Waals surface area contributed by atoms with E-state index >= 15 is 0 Å². The summed E-state index contributed by atoms with van der Waals surface area (Å²) in [6, 6.07) is -0.369. The molecule has 2 aliphatic rings. The SMILES string of the molecule is CCCN1C(=O)CC(N2CCC(C(=O)O)CC2C)C1=O. The van der Waals surface area contributed by atoms with E-state index in [1.54, 1.807) is 0 Å². The standard InChI is InChI=1S/C14H22N2O4/c1-3-5-16-12(17)8-11(13(16)18)15-6-4-10(14(19)20)7-9(15)2/h9-11H,3-8H2,1-2H3,(H,19,20). The van der Waals surface area contributed by atoms with Gasteiger partial charge in [-0.3, -0.25) is 24.2 Å². The van der Waals surface area contributed by atoms with E-state index in [0.29, 0.717) is 25.9 Å². The molecule has 0 aliphatic carbocycles. The first-order valence-electron chi connectivity index (χ1n) is 7.28. The number of nitrogens with zero attached hydrogens (tertiary/aromatic N) is 2. The van der Waals surface area contributed by atoms with Gasteiger partial charge in [0.15, 0.2) is 0 Å². The molecule has 0 spiro atoms. The Morgan fingerprint density at radius 2 is 2.10 bits per heavy atom. The van der Waals surface area contributed by atoms with Gasteiger partial charge in [-0.25, -0.2) is 0 Å². The van der Waals surface area contributed by atoms with Crippen LogP contribution in [0.1, 0.15) is 39.5 Å². The van der Waals surface area contributed by atoms with Crippen LogP contribution in [0, 0.1) is 5.92 Å². The maximum absolute atomic E-state index is 12.3. The summed E-state index contributed by atoms with van der Waals surface area (Å²) in [5.41, 5.74) is 0. The van der Waals surface area contributed by atoms with Crippen molar-refractivity contribution in [3.63, 3.8) is 0 Å². The molecule has 20 heavy (non-hydrogen) atoms. The molecule has 2 saturated heterocycles. The molecule has 112 valence electrons. The van der Waals surface area contributed by atoms with Crippen LogP contribution in [-0.4, -0.2) is 57.9 Å². The van der Waals surface area contributed by atoms with Gasteiger partial charge < -0.3 is 5.11 Å². The molecule has 0 radical (unpaired) electrons. The molecule has 0 bridgehead atoms. The lowest BCUT2D eigenvalue weighted by Crippen LogP contribution is -2.51. The van der Waals surface area contributed by atoms with E-state index in [1.165, 1.54) is 4.90 Å². The molecule has 1 N–H and O–H groups in total. The fraction of sp³-hybridized carbons (Fsp3) is 0.786. The minimum absolute atomic E-state index is 0.0215. The Morgan fingerprint density at radius 3 is 2.65 bits per heavy atom. The molecule has 3 unspecified atom stereocenters. The van der Waals surface area contributed by atoms with Gasteiger partial charge >= 0.3 is 5.97 Å². The minimum atomic E-state index is -0.766. The third-order valence-electron chi connectivity index (χ3n) is 4.34. The number of aliphatic carboxylic acids is 1. The molecule has 0 aromatic rings. The largest absolute Gasteiger partial charge is 0.481 e. The van der Waals surface area contributed by atoms with E-state index in [-0.39, 0.29) is 30.2 Å². The van der Waals surface area contributed by atoms with Crippen molar-refractivity contribution in [3.05, 3.63) is 0 Å². The van der Waals surface area contributed by atoms with Gasteiger partial charge in [0.05, 0.1) is 18.4 Å². The first-order valence-corrected chi connectivity index (χ1v) is 7.28. The number of piperidine rings is 1. The summed E-state index contributed by atoms with van der Waals surface area (Å²) < 4.78 is 0. The normalized spacial score (nSPS) is 31.9. The van der Waals surface area contributed by atoms with E-state index in [1.807, 2.05) is 18.7 Å². The van der Waals surface area contributed by atoms with Crippen LogP contribution >= 0.6 is 0 Å². The summed E-state index contributed by atoms with van der Waals surface area (Å²) in [6.45, 7) is 4.93. The molecule has 6 heteroatoms. The second kappa shape index (κ2) is 5.91. The molecule has 0 aromatic carbocycles. The maximum atomic E-state index is 12.3. The van der Waals surface area contributed by atoms with Crippen molar-refractivity contribution in [1.82, 2.24) is 9.80 Å². The van der Waals surface area contributed by atoms with E-state index in [0.717, 1.165) is 6.42 Å². The number of hydrogen-bond donors (Lipinski definition) is 1. The monoisotopic (exact) mass is 282 g/mol. The zero-order valence-corrected chi connectivity index (χ0v) is 12.0. The highest BCUT2D eigenvalue weighted by Gasteiger charge is 2.44. The van der Waals surface area contributed by atoms with Crippen LogP contribution in [0.25, 0.3) is 0 Å². The van der Waals surface area contributed by atoms with Crippen molar-refractivity contribution in [1.29, 1.82) is 0 Å². The Balaban J connectivity index is 2.04. The molecule has 2 fully saturated rings. The van der Waals surface area contributed by atoms with Gasteiger partial charge in [0, 0.05) is 19.1 Å². The average molecular weight is 282 g/mol. The van der Waals surface area contributed by atoms with Crippen LogP contribution in [0.15, 0.2) is 0 Å². The van der Waals surface area contributed by atoms with Gasteiger partial charge in [-0.2, -0.15) is 0 Å². The topological polar surface area (TPSA) is 77.9 Å². The summed E-state index contributed by atoms with van der Waals surface area (Å²) in [5, 5.41) is 9.07. The lowest BCUT2D eigenvalue weighted by molar-refractivity contribution is -0.144. The summed E-state index contributed by atoms with van der Waals surface area (Å²) in [6.07, 6.45) is 2.09. The molecule has 0 aromatic heterocycles. The highest BCUT2D eigenvalue weighted by molar-refractivity contribution is 6.05. The van der Waals surface area contributed by atoms with Crippen molar-refractivity contribution in [2.45, 2.75) is 51.6 Å². The zero-order chi connectivity index (χ0) is 14.9. The lowest BCUT2D eigenvalue weighted by atomic mass is 9.90. The molecule has 2 rings (SSSR count). The van der Waals surface area contributed by atoms with E-state index in [2.05, 4.69) is 0 Å². The number of rotatable bonds is 4. The first-order chi connectivity index (χ1) is 9.45. The highest BCUT2D eigenvalue weighted by atomic mass is 16.4. The molecule has 0 saturated carbocycles. The van der Waals surface area contributed by atoms with Gasteiger partial charge in [-0.15, -0.1) is 0 Å². The Morgan fingerprint density at radius 1 is 1.40 bits per heavy atom. The molecular formula is C14H22N2O4. The lowest BCUT2D eigenvalue weighted by Gasteiger charge is -2.38. The third kappa shape index (κ3) is 2.70. The number of carboxylic acids is 1. The predicted octanol–water partition coefficient (Wildman–Crippen LogP) is 0.709. The van der Waals surface area contributed by atoms with Gasteiger partial charge in [0.25, 0.3) is 0 Å². The minimum Gasteiger partial charge on any atom is -0.481 e. The quantitative estimate of drug-likeness (QED) is 0.768. The van der Waals surface area contributed by atoms with Crippen LogP contribution in [0.3, 0.4) is 0 Å². The predicted molar refractivity (Wildman–Crippen MR) is 71.9 cm³/mol. The van der Waals surface area contributed by atoms with Gasteiger partial charge in [0.2, 0.25) is 11.8 Å². The molecule has 2 aliphatic heterocycles. The van der Waals surface area contributed by atoms with Crippen LogP contribution in [0.5, 0.6) is 0 Å². The number of carbonyl (C=O) groups excluding carboxylic acids is 2. The van der Waals surface area contributed by atoms with Crippen LogP contribution in [0.2, 0.25) is 0 Å². The Kier molecular flexibility index (Phi) is 4.42. The van der Waals surface area contributed by atoms with Gasteiger partial charge in [-0.1, -0.05) is 6.92 Å². The number of hydrogen-bond acceptors (Lipinski definition) is 4. The zero-order valence-electron chi connectivity index (χ0n) is 12.0. The smallest absolute Gasteiger partial charge is 0.306 e. The molecule has 3 atom stereocenters. The van der Waals surface area contributed by atoms with Crippen molar-refractivity contribution < 1.29 is 19.5 Å². The highest BCUT2D eigenvalue weighted by Crippen LogP contribution is 2.29. The molecule has 2 heterocycles. The maximum Gasteiger partial charge on any atom is 0.306 e. The van der Waals surface area contributed by atoms with Crippen molar-refractivity contribution in [2.24, 2.45) is 5.92 Å². The third-order valence-corrected chi connectivity index (χ3v) is 4.34. The van der Waals surface area contributed by atoms with Crippen molar-refractivity contribution >= 4 is 17.8 Å². The number of carboxylic acid groups (broad SMARTS) is 1. The van der Waals surface area contributed by atoms with E-state index in [9.17, 15) is 14.4 Å². The van der Waals surface area contributed by atoms with Crippen molar-refractivity contribution in [3.8, 4) is 0 Å². The van der Waals surface area contributed by atoms with Gasteiger partial charge in [-0.05, 0) is 26.2 Å². The van der Waals surface area contributed by atoms with Crippen LogP contribution in [-0.2, 0) is 14.4 Å². The van der Waals surface area contributed by atoms with Crippen LogP contribution < -0.4 is 0 Å². The summed E-state index contributed by atoms with van der Waals surface area (Å²) in [5.74, 6) is -1.31. The van der Waals surface area contributed by atoms with Crippen molar-refractivity contribution in [2.75, 3.05) is 13.1 Å². The summed E-state index contributed by atoms with van der Waals surface area (Å²) in [4.78, 5) is 38.6. The molecular weight excluding hydrogens is 260 g/mol. The summed E-state index contributed by atoms with van der Waals surface area (Å²) in [7, 11) is 0. The van der Waals surface area contributed by atoms with E-state index in [4.69, 9.17) is 5.11 Å². The van der Waals surface area contributed by atoms with E-state index < -0.39 is 12.0 Å². The average Bonchev–Trinajstić information content (AvgIpc) is 2.67. The number of carbonyl (C=O) groups is 3. The van der Waals surface area contributed by atoms with Crippen LogP contribution in [0.4, 0.5) is 0 Å². The second-order valence-corrected chi connectivity index (χ2v) is 5.75. The molecule has 2 amide bonds. The number of amides is 2. The Labute approximate surface area is 118 Å². The first kappa shape index (κ1) is 15.0. The molecule has 6 nitrogen and oxygen atoms in total. The second-order valence-electron chi connectivity index (χ2n) is 5.75. The number of imide groups is 1.